The number of rotatable bonds is 12. The van der Waals surface area contributed by atoms with Crippen molar-refractivity contribution in [2.24, 2.45) is 0 Å². The summed E-state index contributed by atoms with van der Waals surface area (Å²) in [5, 5.41) is 5.37. The van der Waals surface area contributed by atoms with Crippen molar-refractivity contribution < 1.29 is 14.4 Å². The molecule has 1 aromatic rings. The van der Waals surface area contributed by atoms with Crippen LogP contribution in [0.25, 0.3) is 0 Å². The molecule has 1 fully saturated rings. The lowest BCUT2D eigenvalue weighted by Crippen LogP contribution is -2.43. The number of hydrogen-bond acceptors (Lipinski definition) is 3. The molecule has 28 heavy (non-hydrogen) atoms. The Morgan fingerprint density at radius 2 is 1.68 bits per heavy atom. The molecule has 0 bridgehead atoms. The number of aryl methyl sites for hydroxylation is 1. The molecule has 1 saturated carbocycles. The predicted molar refractivity (Wildman–Crippen MR) is 111 cm³/mol. The number of anilines is 1. The van der Waals surface area contributed by atoms with E-state index in [-0.39, 0.29) is 36.9 Å². The summed E-state index contributed by atoms with van der Waals surface area (Å²) in [6.07, 6.45) is 7.90. The van der Waals surface area contributed by atoms with Crippen LogP contribution in [0.4, 0.5) is 5.69 Å². The van der Waals surface area contributed by atoms with E-state index >= 15 is 0 Å². The highest BCUT2D eigenvalue weighted by atomic mass is 16.2. The first-order valence-electron chi connectivity index (χ1n) is 10.4. The second-order valence-electron chi connectivity index (χ2n) is 7.61. The number of carbonyl (C=O) groups excluding carboxylic acids is 3. The summed E-state index contributed by atoms with van der Waals surface area (Å²) in [7, 11) is 0. The summed E-state index contributed by atoms with van der Waals surface area (Å²) in [6, 6.07) is 7.66. The van der Waals surface area contributed by atoms with E-state index in [1.165, 1.54) is 12.8 Å². The topological polar surface area (TPSA) is 78.5 Å². The van der Waals surface area contributed by atoms with Gasteiger partial charge >= 0.3 is 0 Å². The lowest BCUT2D eigenvalue weighted by Gasteiger charge is -2.22. The quantitative estimate of drug-likeness (QED) is 0.540. The minimum absolute atomic E-state index is 0.0380. The largest absolute Gasteiger partial charge is 0.345 e. The van der Waals surface area contributed by atoms with E-state index in [1.807, 2.05) is 31.2 Å². The molecule has 0 radical (unpaired) electrons. The van der Waals surface area contributed by atoms with Crippen molar-refractivity contribution in [3.63, 3.8) is 0 Å². The highest BCUT2D eigenvalue weighted by Gasteiger charge is 2.33. The van der Waals surface area contributed by atoms with Crippen LogP contribution >= 0.6 is 0 Å². The summed E-state index contributed by atoms with van der Waals surface area (Å²) in [4.78, 5) is 38.4. The Morgan fingerprint density at radius 3 is 2.32 bits per heavy atom. The molecule has 1 aromatic carbocycles. The SMILES string of the molecule is CCCCCCCC(=O)N(CC(=O)NCC(=O)Nc1ccc(C)cc1)C1CC1. The molecule has 6 heteroatoms. The van der Waals surface area contributed by atoms with E-state index in [0.717, 1.165) is 37.7 Å². The fraction of sp³-hybridized carbons (Fsp3) is 0.591. The molecule has 0 atom stereocenters. The average Bonchev–Trinajstić information content (AvgIpc) is 3.51. The molecule has 0 aliphatic heterocycles. The first-order valence-corrected chi connectivity index (χ1v) is 10.4. The number of benzene rings is 1. The zero-order valence-corrected chi connectivity index (χ0v) is 17.1. The summed E-state index contributed by atoms with van der Waals surface area (Å²) >= 11 is 0. The molecule has 1 aliphatic carbocycles. The molecule has 3 amide bonds. The van der Waals surface area contributed by atoms with E-state index < -0.39 is 0 Å². The van der Waals surface area contributed by atoms with Crippen molar-refractivity contribution in [3.05, 3.63) is 29.8 Å². The van der Waals surface area contributed by atoms with E-state index in [9.17, 15) is 14.4 Å². The lowest BCUT2D eigenvalue weighted by atomic mass is 10.1. The van der Waals surface area contributed by atoms with Crippen LogP contribution in [0.2, 0.25) is 0 Å². The molecular formula is C22H33N3O3. The van der Waals surface area contributed by atoms with E-state index in [4.69, 9.17) is 0 Å². The molecule has 6 nitrogen and oxygen atoms in total. The third-order valence-electron chi connectivity index (χ3n) is 4.90. The van der Waals surface area contributed by atoms with Gasteiger partial charge in [0.1, 0.15) is 0 Å². The summed E-state index contributed by atoms with van der Waals surface area (Å²) in [5.41, 5.74) is 1.81. The van der Waals surface area contributed by atoms with Crippen molar-refractivity contribution in [2.75, 3.05) is 18.4 Å². The van der Waals surface area contributed by atoms with Gasteiger partial charge in [0.05, 0.1) is 13.1 Å². The third kappa shape index (κ3) is 8.11. The lowest BCUT2D eigenvalue weighted by molar-refractivity contribution is -0.136. The van der Waals surface area contributed by atoms with Gasteiger partial charge in [0.15, 0.2) is 0 Å². The molecule has 0 spiro atoms. The highest BCUT2D eigenvalue weighted by molar-refractivity contribution is 5.95. The van der Waals surface area contributed by atoms with Crippen LogP contribution < -0.4 is 10.6 Å². The predicted octanol–water partition coefficient (Wildman–Crippen LogP) is 3.40. The van der Waals surface area contributed by atoms with E-state index in [0.29, 0.717) is 12.1 Å². The Morgan fingerprint density at radius 1 is 1.00 bits per heavy atom. The Kier molecular flexibility index (Phi) is 8.98. The summed E-state index contributed by atoms with van der Waals surface area (Å²) in [5.74, 6) is -0.513. The Bertz CT molecular complexity index is 653. The normalized spacial score (nSPS) is 13.1. The number of nitrogens with one attached hydrogen (secondary N) is 2. The standard InChI is InChI=1S/C22H33N3O3/c1-3-4-5-6-7-8-22(28)25(19-13-14-19)16-21(27)23-15-20(26)24-18-11-9-17(2)10-12-18/h9-12,19H,3-8,13-16H2,1-2H3,(H,23,27)(H,24,26). The van der Waals surface area contributed by atoms with Crippen molar-refractivity contribution in [2.45, 2.75) is 71.3 Å². The van der Waals surface area contributed by atoms with Crippen LogP contribution in [0.3, 0.4) is 0 Å². The van der Waals surface area contributed by atoms with E-state index in [2.05, 4.69) is 17.6 Å². The first-order chi connectivity index (χ1) is 13.5. The molecule has 2 rings (SSSR count). The van der Waals surface area contributed by atoms with Crippen LogP contribution in [0.15, 0.2) is 24.3 Å². The number of amides is 3. The van der Waals surface area contributed by atoms with Crippen LogP contribution in [0, 0.1) is 6.92 Å². The molecule has 0 aromatic heterocycles. The number of carbonyl (C=O) groups is 3. The molecular weight excluding hydrogens is 354 g/mol. The fourth-order valence-corrected chi connectivity index (χ4v) is 3.06. The zero-order valence-electron chi connectivity index (χ0n) is 17.1. The van der Waals surface area contributed by atoms with Crippen LogP contribution in [0.1, 0.15) is 63.9 Å². The van der Waals surface area contributed by atoms with Gasteiger partial charge in [0.2, 0.25) is 17.7 Å². The second kappa shape index (κ2) is 11.5. The van der Waals surface area contributed by atoms with Crippen LogP contribution in [0.5, 0.6) is 0 Å². The molecule has 0 unspecified atom stereocenters. The maximum Gasteiger partial charge on any atom is 0.243 e. The molecule has 154 valence electrons. The van der Waals surface area contributed by atoms with Crippen LogP contribution in [-0.4, -0.2) is 41.8 Å². The van der Waals surface area contributed by atoms with Crippen molar-refractivity contribution >= 4 is 23.4 Å². The second-order valence-corrected chi connectivity index (χ2v) is 7.61. The van der Waals surface area contributed by atoms with Crippen molar-refractivity contribution in [1.82, 2.24) is 10.2 Å². The average molecular weight is 388 g/mol. The van der Waals surface area contributed by atoms with Gasteiger partial charge in [0.25, 0.3) is 0 Å². The van der Waals surface area contributed by atoms with Gasteiger partial charge in [-0.15, -0.1) is 0 Å². The minimum Gasteiger partial charge on any atom is -0.345 e. The Hall–Kier alpha value is -2.37. The van der Waals surface area contributed by atoms with Gasteiger partial charge in [-0.1, -0.05) is 50.3 Å². The Labute approximate surface area is 168 Å². The maximum atomic E-state index is 12.5. The number of hydrogen-bond donors (Lipinski definition) is 2. The van der Waals surface area contributed by atoms with Gasteiger partial charge in [-0.2, -0.15) is 0 Å². The number of unbranched alkanes of at least 4 members (excludes halogenated alkanes) is 4. The third-order valence-corrected chi connectivity index (χ3v) is 4.90. The van der Waals surface area contributed by atoms with Gasteiger partial charge in [-0.3, -0.25) is 14.4 Å². The van der Waals surface area contributed by atoms with E-state index in [1.54, 1.807) is 4.90 Å². The van der Waals surface area contributed by atoms with Gasteiger partial charge in [-0.05, 0) is 38.3 Å². The zero-order chi connectivity index (χ0) is 20.4. The van der Waals surface area contributed by atoms with Crippen molar-refractivity contribution in [1.29, 1.82) is 0 Å². The van der Waals surface area contributed by atoms with Gasteiger partial charge < -0.3 is 15.5 Å². The monoisotopic (exact) mass is 387 g/mol. The highest BCUT2D eigenvalue weighted by Crippen LogP contribution is 2.27. The number of nitrogens with zero attached hydrogens (tertiary/aromatic N) is 1. The molecule has 0 heterocycles. The molecule has 1 aliphatic rings. The molecule has 2 N–H and O–H groups in total. The van der Waals surface area contributed by atoms with Gasteiger partial charge in [-0.25, -0.2) is 0 Å². The summed E-state index contributed by atoms with van der Waals surface area (Å²) < 4.78 is 0. The van der Waals surface area contributed by atoms with Crippen LogP contribution in [-0.2, 0) is 14.4 Å². The first kappa shape index (κ1) is 21.9. The smallest absolute Gasteiger partial charge is 0.243 e. The van der Waals surface area contributed by atoms with Crippen molar-refractivity contribution in [3.8, 4) is 0 Å². The summed E-state index contributed by atoms with van der Waals surface area (Å²) in [6.45, 7) is 4.08. The molecule has 0 saturated heterocycles. The maximum absolute atomic E-state index is 12.5. The van der Waals surface area contributed by atoms with Gasteiger partial charge in [0, 0.05) is 18.2 Å². The Balaban J connectivity index is 1.70. The fourth-order valence-electron chi connectivity index (χ4n) is 3.06. The minimum atomic E-state index is -0.287.